The molecule has 0 unspecified atom stereocenters. The monoisotopic (exact) mass is 394 g/mol. The first-order valence-corrected chi connectivity index (χ1v) is 9.10. The van der Waals surface area contributed by atoms with Crippen molar-refractivity contribution in [2.24, 2.45) is 7.05 Å². The predicted molar refractivity (Wildman–Crippen MR) is 101 cm³/mol. The van der Waals surface area contributed by atoms with Crippen LogP contribution in [0.25, 0.3) is 0 Å². The van der Waals surface area contributed by atoms with Gasteiger partial charge in [-0.25, -0.2) is 0 Å². The number of carbonyl (C=O) groups is 2. The summed E-state index contributed by atoms with van der Waals surface area (Å²) < 4.78 is 6.66. The minimum Gasteiger partial charge on any atom is -0.468 e. The summed E-state index contributed by atoms with van der Waals surface area (Å²) >= 11 is 12.1. The second kappa shape index (κ2) is 7.33. The second-order valence-corrected chi connectivity index (χ2v) is 7.22. The van der Waals surface area contributed by atoms with Gasteiger partial charge >= 0.3 is 5.97 Å². The van der Waals surface area contributed by atoms with Crippen molar-refractivity contribution in [2.45, 2.75) is 18.3 Å². The van der Waals surface area contributed by atoms with Crippen molar-refractivity contribution in [3.05, 3.63) is 57.8 Å². The number of hydrogen-bond donors (Lipinski definition) is 0. The van der Waals surface area contributed by atoms with Gasteiger partial charge in [0.2, 0.25) is 0 Å². The van der Waals surface area contributed by atoms with Gasteiger partial charge in [-0.3, -0.25) is 9.59 Å². The van der Waals surface area contributed by atoms with Gasteiger partial charge in [0.1, 0.15) is 10.8 Å². The van der Waals surface area contributed by atoms with Crippen LogP contribution < -0.4 is 0 Å². The molecule has 26 heavy (non-hydrogen) atoms. The highest BCUT2D eigenvalue weighted by Gasteiger charge is 2.45. The van der Waals surface area contributed by atoms with Crippen molar-refractivity contribution in [3.8, 4) is 0 Å². The molecule has 138 valence electrons. The van der Waals surface area contributed by atoms with Crippen LogP contribution >= 0.6 is 23.2 Å². The number of halogens is 2. The normalized spacial score (nSPS) is 16.4. The Morgan fingerprint density at radius 2 is 1.73 bits per heavy atom. The Morgan fingerprint density at radius 3 is 2.23 bits per heavy atom. The molecule has 2 aromatic rings. The molecule has 0 radical (unpaired) electrons. The summed E-state index contributed by atoms with van der Waals surface area (Å²) in [6, 6.07) is 11.2. The average Bonchev–Trinajstić information content (AvgIpc) is 2.95. The Labute approximate surface area is 162 Å². The van der Waals surface area contributed by atoms with E-state index in [4.69, 9.17) is 27.9 Å². The van der Waals surface area contributed by atoms with Crippen LogP contribution in [-0.4, -0.2) is 41.5 Å². The van der Waals surface area contributed by atoms with Crippen LogP contribution in [0.5, 0.6) is 0 Å². The number of methoxy groups -OCH3 is 1. The van der Waals surface area contributed by atoms with Gasteiger partial charge in [-0.15, -0.1) is 0 Å². The zero-order valence-electron chi connectivity index (χ0n) is 14.7. The van der Waals surface area contributed by atoms with Gasteiger partial charge in [0, 0.05) is 20.1 Å². The average molecular weight is 395 g/mol. The van der Waals surface area contributed by atoms with Gasteiger partial charge in [0.15, 0.2) is 0 Å². The Kier molecular flexibility index (Phi) is 5.30. The number of piperidine rings is 1. The van der Waals surface area contributed by atoms with E-state index in [0.717, 1.165) is 5.56 Å². The number of hydrogen-bond acceptors (Lipinski definition) is 3. The van der Waals surface area contributed by atoms with E-state index in [-0.39, 0.29) is 11.9 Å². The zero-order chi connectivity index (χ0) is 18.9. The molecule has 1 aromatic heterocycles. The summed E-state index contributed by atoms with van der Waals surface area (Å²) in [5.41, 5.74) is 0.630. The third-order valence-corrected chi connectivity index (χ3v) is 5.98. The highest BCUT2D eigenvalue weighted by molar-refractivity contribution is 6.41. The Bertz CT molecular complexity index is 825. The minimum atomic E-state index is -0.726. The lowest BCUT2D eigenvalue weighted by Crippen LogP contribution is -2.49. The van der Waals surface area contributed by atoms with Crippen molar-refractivity contribution >= 4 is 35.1 Å². The predicted octanol–water partition coefficient (Wildman–Crippen LogP) is 3.68. The lowest BCUT2D eigenvalue weighted by Gasteiger charge is -2.40. The number of esters is 1. The number of benzene rings is 1. The van der Waals surface area contributed by atoms with Crippen LogP contribution in [0.15, 0.2) is 36.4 Å². The van der Waals surface area contributed by atoms with Gasteiger partial charge in [-0.05, 0) is 24.5 Å². The van der Waals surface area contributed by atoms with E-state index in [1.807, 2.05) is 30.3 Å². The van der Waals surface area contributed by atoms with E-state index in [1.165, 1.54) is 7.11 Å². The number of carbonyl (C=O) groups excluding carboxylic acids is 2. The van der Waals surface area contributed by atoms with Gasteiger partial charge in [-0.1, -0.05) is 53.5 Å². The molecule has 0 N–H and O–H groups in total. The molecule has 1 aromatic carbocycles. The van der Waals surface area contributed by atoms with Crippen LogP contribution in [0.4, 0.5) is 0 Å². The maximum atomic E-state index is 12.8. The Morgan fingerprint density at radius 1 is 1.12 bits per heavy atom. The maximum absolute atomic E-state index is 12.8. The van der Waals surface area contributed by atoms with Crippen LogP contribution in [0, 0.1) is 0 Å². The van der Waals surface area contributed by atoms with Crippen molar-refractivity contribution in [1.82, 2.24) is 9.47 Å². The molecular weight excluding hydrogens is 375 g/mol. The summed E-state index contributed by atoms with van der Waals surface area (Å²) in [4.78, 5) is 27.1. The third kappa shape index (κ3) is 3.10. The number of nitrogens with zero attached hydrogens (tertiary/aromatic N) is 2. The fourth-order valence-corrected chi connectivity index (χ4v) is 3.94. The molecule has 1 aliphatic rings. The molecular formula is C19H20Cl2N2O3. The summed E-state index contributed by atoms with van der Waals surface area (Å²) in [7, 11) is 3.10. The van der Waals surface area contributed by atoms with E-state index < -0.39 is 5.41 Å². The molecule has 0 bridgehead atoms. The smallest absolute Gasteiger partial charge is 0.316 e. The zero-order valence-corrected chi connectivity index (χ0v) is 16.2. The fraction of sp³-hybridized carbons (Fsp3) is 0.368. The lowest BCUT2D eigenvalue weighted by molar-refractivity contribution is -0.149. The molecule has 0 saturated carbocycles. The molecule has 3 rings (SSSR count). The Hall–Kier alpha value is -1.98. The standard InChI is InChI=1S/C19H20Cl2N2O3/c1-22-15(12-14(20)16(22)21)17(24)23-10-8-19(9-11-23,18(25)26-2)13-6-4-3-5-7-13/h3-7,12H,8-11H2,1-2H3. The number of ether oxygens (including phenoxy) is 1. The highest BCUT2D eigenvalue weighted by Crippen LogP contribution is 2.37. The topological polar surface area (TPSA) is 51.5 Å². The van der Waals surface area contributed by atoms with Crippen LogP contribution in [0.1, 0.15) is 28.9 Å². The van der Waals surface area contributed by atoms with Crippen molar-refractivity contribution in [2.75, 3.05) is 20.2 Å². The van der Waals surface area contributed by atoms with Crippen LogP contribution in [-0.2, 0) is 22.0 Å². The quantitative estimate of drug-likeness (QED) is 0.746. The summed E-state index contributed by atoms with van der Waals surface area (Å²) in [6.07, 6.45) is 1.00. The first-order valence-electron chi connectivity index (χ1n) is 8.34. The van der Waals surface area contributed by atoms with E-state index in [1.54, 1.807) is 22.6 Å². The molecule has 7 heteroatoms. The number of aromatic nitrogens is 1. The molecule has 0 aliphatic carbocycles. The fourth-order valence-electron chi connectivity index (χ4n) is 3.56. The first-order chi connectivity index (χ1) is 12.4. The molecule has 1 saturated heterocycles. The molecule has 2 heterocycles. The van der Waals surface area contributed by atoms with E-state index >= 15 is 0 Å². The Balaban J connectivity index is 1.83. The van der Waals surface area contributed by atoms with Crippen molar-refractivity contribution in [1.29, 1.82) is 0 Å². The minimum absolute atomic E-state index is 0.146. The van der Waals surface area contributed by atoms with Gasteiger partial charge in [0.25, 0.3) is 5.91 Å². The molecule has 1 amide bonds. The largest absolute Gasteiger partial charge is 0.468 e. The molecule has 5 nitrogen and oxygen atoms in total. The molecule has 0 atom stereocenters. The number of likely N-dealkylation sites (tertiary alicyclic amines) is 1. The summed E-state index contributed by atoms with van der Waals surface area (Å²) in [5, 5.41) is 0.683. The second-order valence-electron chi connectivity index (χ2n) is 6.46. The maximum Gasteiger partial charge on any atom is 0.316 e. The summed E-state index contributed by atoms with van der Waals surface area (Å²) in [5.74, 6) is -0.409. The SMILES string of the molecule is COC(=O)C1(c2ccccc2)CCN(C(=O)c2cc(Cl)c(Cl)n2C)CC1. The van der Waals surface area contributed by atoms with E-state index in [0.29, 0.717) is 41.8 Å². The lowest BCUT2D eigenvalue weighted by atomic mass is 9.72. The van der Waals surface area contributed by atoms with Crippen LogP contribution in [0.3, 0.4) is 0 Å². The molecule has 1 fully saturated rings. The van der Waals surface area contributed by atoms with Crippen molar-refractivity contribution < 1.29 is 14.3 Å². The van der Waals surface area contributed by atoms with Crippen molar-refractivity contribution in [3.63, 3.8) is 0 Å². The van der Waals surface area contributed by atoms with Gasteiger partial charge < -0.3 is 14.2 Å². The molecule has 0 spiro atoms. The summed E-state index contributed by atoms with van der Waals surface area (Å²) in [6.45, 7) is 0.895. The highest BCUT2D eigenvalue weighted by atomic mass is 35.5. The molecule has 1 aliphatic heterocycles. The number of rotatable bonds is 3. The van der Waals surface area contributed by atoms with Gasteiger partial charge in [0.05, 0.1) is 17.5 Å². The third-order valence-electron chi connectivity index (χ3n) is 5.14. The number of amides is 1. The first kappa shape index (κ1) is 18.8. The van der Waals surface area contributed by atoms with E-state index in [9.17, 15) is 9.59 Å². The van der Waals surface area contributed by atoms with E-state index in [2.05, 4.69) is 0 Å². The van der Waals surface area contributed by atoms with Crippen LogP contribution in [0.2, 0.25) is 10.2 Å². The van der Waals surface area contributed by atoms with Gasteiger partial charge in [-0.2, -0.15) is 0 Å².